The van der Waals surface area contributed by atoms with Gasteiger partial charge >= 0.3 is 0 Å². The van der Waals surface area contributed by atoms with Crippen LogP contribution in [-0.4, -0.2) is 9.13 Å². The zero-order valence-electron chi connectivity index (χ0n) is 37.3. The second kappa shape index (κ2) is 16.0. The van der Waals surface area contributed by atoms with Crippen molar-refractivity contribution in [2.75, 3.05) is 4.90 Å². The Morgan fingerprint density at radius 3 is 1.20 bits per heavy atom. The van der Waals surface area contributed by atoms with Crippen molar-refractivity contribution in [1.82, 2.24) is 9.13 Å². The summed E-state index contributed by atoms with van der Waals surface area (Å²) < 4.78 is 4.78. The van der Waals surface area contributed by atoms with E-state index in [-0.39, 0.29) is 0 Å². The van der Waals surface area contributed by atoms with Crippen molar-refractivity contribution in [3.8, 4) is 44.8 Å². The van der Waals surface area contributed by atoms with Crippen LogP contribution in [0, 0.1) is 20.8 Å². The van der Waals surface area contributed by atoms with E-state index < -0.39 is 0 Å². The number of fused-ring (bicyclic) bond motifs is 6. The number of aryl methyl sites for hydroxylation is 3. The standard InChI is InChI=1S/C63H47N3/c1-42-25-31-49(32-26-42)64(50-33-27-43(2)28-34-50)51-35-36-52(44(3)39-51)63-53(45-29-37-61-57(40-45)55-19-10-12-23-59(55)65(61)47-15-6-4-7-16-47)21-14-22-54(63)46-30-38-62-58(41-46)56-20-11-13-24-60(56)66(62)48-17-8-5-9-18-48/h4-41H,1-3H3. The van der Waals surface area contributed by atoms with E-state index in [4.69, 9.17) is 0 Å². The molecule has 66 heavy (non-hydrogen) atoms. The van der Waals surface area contributed by atoms with E-state index in [2.05, 4.69) is 265 Å². The van der Waals surface area contributed by atoms with Crippen LogP contribution in [0.25, 0.3) is 88.4 Å². The lowest BCUT2D eigenvalue weighted by Gasteiger charge is -2.27. The highest BCUT2D eigenvalue weighted by atomic mass is 15.1. The number of para-hydroxylation sites is 4. The van der Waals surface area contributed by atoms with Crippen LogP contribution in [0.1, 0.15) is 16.7 Å². The van der Waals surface area contributed by atoms with Crippen LogP contribution in [0.3, 0.4) is 0 Å². The van der Waals surface area contributed by atoms with Gasteiger partial charge in [0, 0.05) is 50.0 Å². The molecule has 0 saturated carbocycles. The van der Waals surface area contributed by atoms with Crippen LogP contribution in [0.4, 0.5) is 17.1 Å². The maximum absolute atomic E-state index is 2.41. The van der Waals surface area contributed by atoms with E-state index in [0.717, 1.165) is 28.4 Å². The quantitative estimate of drug-likeness (QED) is 0.148. The Hall–Kier alpha value is -8.40. The van der Waals surface area contributed by atoms with Crippen LogP contribution >= 0.6 is 0 Å². The molecule has 12 aromatic rings. The Morgan fingerprint density at radius 1 is 0.303 bits per heavy atom. The lowest BCUT2D eigenvalue weighted by molar-refractivity contribution is 1.18. The van der Waals surface area contributed by atoms with E-state index in [1.165, 1.54) is 93.7 Å². The lowest BCUT2D eigenvalue weighted by atomic mass is 9.85. The lowest BCUT2D eigenvalue weighted by Crippen LogP contribution is -2.10. The molecule has 10 aromatic carbocycles. The van der Waals surface area contributed by atoms with Crippen LogP contribution in [0.2, 0.25) is 0 Å². The van der Waals surface area contributed by atoms with Gasteiger partial charge in [0.15, 0.2) is 0 Å². The number of nitrogens with zero attached hydrogens (tertiary/aromatic N) is 3. The van der Waals surface area contributed by atoms with Crippen molar-refractivity contribution < 1.29 is 0 Å². The summed E-state index contributed by atoms with van der Waals surface area (Å²) >= 11 is 0. The molecule has 0 aliphatic carbocycles. The van der Waals surface area contributed by atoms with E-state index in [1.54, 1.807) is 0 Å². The maximum Gasteiger partial charge on any atom is 0.0541 e. The van der Waals surface area contributed by atoms with Crippen LogP contribution < -0.4 is 4.90 Å². The molecular weight excluding hydrogens is 799 g/mol. The van der Waals surface area contributed by atoms with Gasteiger partial charge in [-0.15, -0.1) is 0 Å². The minimum atomic E-state index is 1.12. The van der Waals surface area contributed by atoms with Gasteiger partial charge in [-0.05, 0) is 157 Å². The third kappa shape index (κ3) is 6.59. The fourth-order valence-corrected chi connectivity index (χ4v) is 10.2. The first-order valence-corrected chi connectivity index (χ1v) is 22.8. The predicted molar refractivity (Wildman–Crippen MR) is 280 cm³/mol. The summed E-state index contributed by atoms with van der Waals surface area (Å²) in [5.74, 6) is 0. The van der Waals surface area contributed by atoms with Gasteiger partial charge in [-0.25, -0.2) is 0 Å². The Labute approximate surface area is 385 Å². The van der Waals surface area contributed by atoms with Crippen LogP contribution in [-0.2, 0) is 0 Å². The molecule has 2 heterocycles. The average Bonchev–Trinajstić information content (AvgIpc) is 3.88. The van der Waals surface area contributed by atoms with Gasteiger partial charge in [0.1, 0.15) is 0 Å². The molecule has 0 atom stereocenters. The van der Waals surface area contributed by atoms with Crippen molar-refractivity contribution in [2.24, 2.45) is 0 Å². The highest BCUT2D eigenvalue weighted by molar-refractivity contribution is 6.13. The smallest absolute Gasteiger partial charge is 0.0541 e. The third-order valence-electron chi connectivity index (χ3n) is 13.4. The SMILES string of the molecule is Cc1ccc(N(c2ccc(C)cc2)c2ccc(-c3c(-c4ccc5c(c4)c4ccccc4n5-c4ccccc4)cccc3-c3ccc4c(c3)c3ccccc3n4-c3ccccc3)c(C)c2)cc1. The summed E-state index contributed by atoms with van der Waals surface area (Å²) in [5, 5.41) is 4.95. The molecule has 0 amide bonds. The molecule has 314 valence electrons. The number of benzene rings is 10. The van der Waals surface area contributed by atoms with Gasteiger partial charge in [-0.2, -0.15) is 0 Å². The van der Waals surface area contributed by atoms with Gasteiger partial charge in [0.25, 0.3) is 0 Å². The second-order valence-corrected chi connectivity index (χ2v) is 17.6. The fraction of sp³-hybridized carbons (Fsp3) is 0.0476. The third-order valence-corrected chi connectivity index (χ3v) is 13.4. The normalized spacial score (nSPS) is 11.6. The van der Waals surface area contributed by atoms with Gasteiger partial charge in [0.05, 0.1) is 22.1 Å². The summed E-state index contributed by atoms with van der Waals surface area (Å²) in [4.78, 5) is 2.37. The molecule has 0 saturated heterocycles. The number of hydrogen-bond donors (Lipinski definition) is 0. The molecule has 0 fully saturated rings. The molecule has 0 aliphatic rings. The first kappa shape index (κ1) is 39.2. The zero-order chi connectivity index (χ0) is 44.3. The minimum absolute atomic E-state index is 1.12. The number of anilines is 3. The maximum atomic E-state index is 2.41. The van der Waals surface area contributed by atoms with E-state index >= 15 is 0 Å². The summed E-state index contributed by atoms with van der Waals surface area (Å²) in [5.41, 5.74) is 21.3. The molecule has 12 rings (SSSR count). The average molecular weight is 846 g/mol. The molecule has 2 aromatic heterocycles. The molecule has 0 bridgehead atoms. The van der Waals surface area contributed by atoms with Gasteiger partial charge < -0.3 is 14.0 Å². The van der Waals surface area contributed by atoms with Crippen LogP contribution in [0.15, 0.2) is 231 Å². The molecule has 0 radical (unpaired) electrons. The summed E-state index contributed by atoms with van der Waals surface area (Å²) in [6.07, 6.45) is 0. The van der Waals surface area contributed by atoms with E-state index in [1.807, 2.05) is 0 Å². The number of hydrogen-bond acceptors (Lipinski definition) is 1. The van der Waals surface area contributed by atoms with Crippen LogP contribution in [0.5, 0.6) is 0 Å². The molecule has 0 N–H and O–H groups in total. The first-order chi connectivity index (χ1) is 32.5. The van der Waals surface area contributed by atoms with E-state index in [9.17, 15) is 0 Å². The first-order valence-electron chi connectivity index (χ1n) is 22.8. The Balaban J connectivity index is 1.09. The Kier molecular flexibility index (Phi) is 9.50. The van der Waals surface area contributed by atoms with Crippen molar-refractivity contribution in [2.45, 2.75) is 20.8 Å². The highest BCUT2D eigenvalue weighted by Crippen LogP contribution is 2.46. The second-order valence-electron chi connectivity index (χ2n) is 17.6. The van der Waals surface area contributed by atoms with Gasteiger partial charge in [0.2, 0.25) is 0 Å². The topological polar surface area (TPSA) is 13.1 Å². The predicted octanol–water partition coefficient (Wildman–Crippen LogP) is 17.3. The summed E-state index contributed by atoms with van der Waals surface area (Å²) in [7, 11) is 0. The molecule has 0 aliphatic heterocycles. The summed E-state index contributed by atoms with van der Waals surface area (Å²) in [6.45, 7) is 6.56. The number of rotatable bonds is 8. The fourth-order valence-electron chi connectivity index (χ4n) is 10.2. The number of aromatic nitrogens is 2. The van der Waals surface area contributed by atoms with Crippen molar-refractivity contribution in [3.05, 3.63) is 247 Å². The van der Waals surface area contributed by atoms with Gasteiger partial charge in [-0.1, -0.05) is 145 Å². The van der Waals surface area contributed by atoms with Gasteiger partial charge in [-0.3, -0.25) is 0 Å². The molecule has 3 heteroatoms. The van der Waals surface area contributed by atoms with Crippen molar-refractivity contribution in [1.29, 1.82) is 0 Å². The minimum Gasteiger partial charge on any atom is -0.310 e. The largest absolute Gasteiger partial charge is 0.310 e. The van der Waals surface area contributed by atoms with Crippen molar-refractivity contribution >= 4 is 60.7 Å². The highest BCUT2D eigenvalue weighted by Gasteiger charge is 2.22. The molecular formula is C63H47N3. The molecule has 0 spiro atoms. The Bertz CT molecular complexity index is 3540. The van der Waals surface area contributed by atoms with Crippen molar-refractivity contribution in [3.63, 3.8) is 0 Å². The molecule has 0 unspecified atom stereocenters. The molecule has 3 nitrogen and oxygen atoms in total. The monoisotopic (exact) mass is 845 g/mol. The zero-order valence-corrected chi connectivity index (χ0v) is 37.3. The Morgan fingerprint density at radius 2 is 0.727 bits per heavy atom. The summed E-state index contributed by atoms with van der Waals surface area (Å²) in [6, 6.07) is 84.7. The van der Waals surface area contributed by atoms with E-state index in [0.29, 0.717) is 0 Å².